The summed E-state index contributed by atoms with van der Waals surface area (Å²) in [6.07, 6.45) is 1.27. The number of carbonyl (C=O) groups is 1. The first kappa shape index (κ1) is 16.5. The predicted octanol–water partition coefficient (Wildman–Crippen LogP) is 2.21. The fourth-order valence-corrected chi connectivity index (χ4v) is 2.00. The summed E-state index contributed by atoms with van der Waals surface area (Å²) in [7, 11) is 0. The summed E-state index contributed by atoms with van der Waals surface area (Å²) in [5.74, 6) is 0.721. The lowest BCUT2D eigenvalue weighted by molar-refractivity contribution is -0.122. The smallest absolute Gasteiger partial charge is 0.227 e. The van der Waals surface area contributed by atoms with E-state index in [-0.39, 0.29) is 25.0 Å². The number of nitrogens with one attached hydrogen (secondary N) is 1. The minimum Gasteiger partial charge on any atom is -0.394 e. The van der Waals surface area contributed by atoms with Crippen molar-refractivity contribution < 1.29 is 14.4 Å². The molecule has 0 aliphatic rings. The van der Waals surface area contributed by atoms with E-state index in [1.807, 2.05) is 6.92 Å². The summed E-state index contributed by atoms with van der Waals surface area (Å²) in [4.78, 5) is 16.0. The summed E-state index contributed by atoms with van der Waals surface area (Å²) in [5.41, 5.74) is 0.801. The van der Waals surface area contributed by atoms with Crippen LogP contribution in [0.25, 0.3) is 11.4 Å². The Bertz CT molecular complexity index is 609. The lowest BCUT2D eigenvalue weighted by atomic mass is 10.2. The van der Waals surface area contributed by atoms with E-state index >= 15 is 0 Å². The summed E-state index contributed by atoms with van der Waals surface area (Å²) >= 11 is 5.83. The number of aliphatic hydroxyl groups is 1. The molecule has 7 heteroatoms. The van der Waals surface area contributed by atoms with Gasteiger partial charge in [0.25, 0.3) is 0 Å². The van der Waals surface area contributed by atoms with Crippen molar-refractivity contribution in [3.8, 4) is 11.4 Å². The fraction of sp³-hybridized carbons (Fsp3) is 0.400. The highest BCUT2D eigenvalue weighted by Gasteiger charge is 2.13. The molecular formula is C15H18ClN3O3. The van der Waals surface area contributed by atoms with Gasteiger partial charge in [0.05, 0.1) is 12.6 Å². The zero-order chi connectivity index (χ0) is 15.9. The molecule has 0 fully saturated rings. The van der Waals surface area contributed by atoms with E-state index in [0.29, 0.717) is 29.6 Å². The van der Waals surface area contributed by atoms with Gasteiger partial charge in [-0.25, -0.2) is 0 Å². The van der Waals surface area contributed by atoms with Crippen LogP contribution < -0.4 is 5.32 Å². The number of carbonyl (C=O) groups excluding carboxylic acids is 1. The molecule has 1 atom stereocenters. The van der Waals surface area contributed by atoms with Gasteiger partial charge in [-0.15, -0.1) is 0 Å². The van der Waals surface area contributed by atoms with Crippen molar-refractivity contribution in [1.82, 2.24) is 15.5 Å². The number of aromatic nitrogens is 2. The minimum absolute atomic E-state index is 0.0660. The van der Waals surface area contributed by atoms with Crippen LogP contribution in [-0.2, 0) is 11.2 Å². The topological polar surface area (TPSA) is 88.2 Å². The van der Waals surface area contributed by atoms with Crippen LogP contribution in [0.3, 0.4) is 0 Å². The zero-order valence-electron chi connectivity index (χ0n) is 12.3. The molecule has 6 nitrogen and oxygen atoms in total. The van der Waals surface area contributed by atoms with Gasteiger partial charge in [-0.2, -0.15) is 4.98 Å². The number of hydrogen-bond donors (Lipinski definition) is 2. The van der Waals surface area contributed by atoms with Gasteiger partial charge in [0, 0.05) is 23.4 Å². The molecule has 1 amide bonds. The van der Waals surface area contributed by atoms with Crippen LogP contribution in [0.1, 0.15) is 25.7 Å². The van der Waals surface area contributed by atoms with Crippen LogP contribution in [0, 0.1) is 0 Å². The van der Waals surface area contributed by atoms with Crippen molar-refractivity contribution >= 4 is 17.5 Å². The van der Waals surface area contributed by atoms with Crippen LogP contribution in [0.4, 0.5) is 0 Å². The van der Waals surface area contributed by atoms with E-state index in [2.05, 4.69) is 15.5 Å². The molecule has 2 aromatic rings. The number of nitrogens with zero attached hydrogens (tertiary/aromatic N) is 2. The van der Waals surface area contributed by atoms with E-state index in [1.165, 1.54) is 0 Å². The second kappa shape index (κ2) is 7.91. The third kappa shape index (κ3) is 4.54. The van der Waals surface area contributed by atoms with E-state index in [4.69, 9.17) is 21.2 Å². The van der Waals surface area contributed by atoms with E-state index in [0.717, 1.165) is 5.56 Å². The third-order valence-electron chi connectivity index (χ3n) is 3.21. The number of rotatable bonds is 7. The molecule has 0 aliphatic carbocycles. The van der Waals surface area contributed by atoms with Crippen LogP contribution in [0.5, 0.6) is 0 Å². The van der Waals surface area contributed by atoms with E-state index < -0.39 is 0 Å². The lowest BCUT2D eigenvalue weighted by Gasteiger charge is -2.13. The zero-order valence-corrected chi connectivity index (χ0v) is 13.0. The van der Waals surface area contributed by atoms with Gasteiger partial charge in [0.1, 0.15) is 0 Å². The summed E-state index contributed by atoms with van der Waals surface area (Å²) in [6.45, 7) is 1.83. The molecule has 1 heterocycles. The van der Waals surface area contributed by atoms with Crippen molar-refractivity contribution in [1.29, 1.82) is 0 Å². The molecule has 0 radical (unpaired) electrons. The van der Waals surface area contributed by atoms with Crippen molar-refractivity contribution in [2.24, 2.45) is 0 Å². The highest BCUT2D eigenvalue weighted by atomic mass is 35.5. The van der Waals surface area contributed by atoms with E-state index in [9.17, 15) is 4.79 Å². The quantitative estimate of drug-likeness (QED) is 0.815. The van der Waals surface area contributed by atoms with Crippen molar-refractivity contribution in [2.75, 3.05) is 6.61 Å². The first-order valence-electron chi connectivity index (χ1n) is 7.11. The van der Waals surface area contributed by atoms with Crippen molar-refractivity contribution in [3.05, 3.63) is 35.2 Å². The normalized spacial score (nSPS) is 12.1. The molecule has 1 unspecified atom stereocenters. The van der Waals surface area contributed by atoms with Crippen LogP contribution in [0.15, 0.2) is 28.8 Å². The molecule has 0 spiro atoms. The summed E-state index contributed by atoms with van der Waals surface area (Å²) in [6, 6.07) is 6.90. The number of aliphatic hydroxyl groups excluding tert-OH is 1. The van der Waals surface area contributed by atoms with E-state index in [1.54, 1.807) is 24.3 Å². The second-order valence-electron chi connectivity index (χ2n) is 4.87. The van der Waals surface area contributed by atoms with Gasteiger partial charge in [-0.05, 0) is 30.7 Å². The average molecular weight is 324 g/mol. The molecule has 22 heavy (non-hydrogen) atoms. The minimum atomic E-state index is -0.209. The highest BCUT2D eigenvalue weighted by Crippen LogP contribution is 2.18. The Morgan fingerprint density at radius 1 is 1.41 bits per heavy atom. The molecule has 1 aromatic heterocycles. The number of aryl methyl sites for hydroxylation is 1. The highest BCUT2D eigenvalue weighted by molar-refractivity contribution is 6.30. The Hall–Kier alpha value is -1.92. The largest absolute Gasteiger partial charge is 0.394 e. The molecule has 0 bridgehead atoms. The summed E-state index contributed by atoms with van der Waals surface area (Å²) in [5, 5.41) is 16.3. The Labute approximate surface area is 133 Å². The molecule has 2 N–H and O–H groups in total. The Morgan fingerprint density at radius 3 is 2.77 bits per heavy atom. The van der Waals surface area contributed by atoms with Crippen molar-refractivity contribution in [2.45, 2.75) is 32.2 Å². The third-order valence-corrected chi connectivity index (χ3v) is 3.47. The van der Waals surface area contributed by atoms with Crippen LogP contribution in [0.2, 0.25) is 5.02 Å². The molecule has 2 rings (SSSR count). The van der Waals surface area contributed by atoms with Gasteiger partial charge in [0.15, 0.2) is 0 Å². The second-order valence-corrected chi connectivity index (χ2v) is 5.31. The Kier molecular flexibility index (Phi) is 5.91. The van der Waals surface area contributed by atoms with Gasteiger partial charge in [-0.1, -0.05) is 23.7 Å². The molecular weight excluding hydrogens is 306 g/mol. The monoisotopic (exact) mass is 323 g/mol. The maximum atomic E-state index is 11.7. The van der Waals surface area contributed by atoms with Gasteiger partial charge in [-0.3, -0.25) is 4.79 Å². The first-order chi connectivity index (χ1) is 10.6. The molecule has 0 aliphatic heterocycles. The lowest BCUT2D eigenvalue weighted by Crippen LogP contribution is -2.37. The molecule has 0 saturated carbocycles. The number of hydrogen-bond acceptors (Lipinski definition) is 5. The summed E-state index contributed by atoms with van der Waals surface area (Å²) < 4.78 is 5.13. The Morgan fingerprint density at radius 2 is 2.14 bits per heavy atom. The maximum Gasteiger partial charge on any atom is 0.227 e. The molecule has 0 saturated heterocycles. The maximum absolute atomic E-state index is 11.7. The molecule has 1 aromatic carbocycles. The number of amides is 1. The van der Waals surface area contributed by atoms with Gasteiger partial charge >= 0.3 is 0 Å². The molecule has 118 valence electrons. The first-order valence-corrected chi connectivity index (χ1v) is 7.49. The van der Waals surface area contributed by atoms with Crippen LogP contribution >= 0.6 is 11.6 Å². The standard InChI is InChI=1S/C15H18ClN3O3/c1-2-12(9-20)17-13(21)7-8-14-18-15(19-22-14)10-3-5-11(16)6-4-10/h3-6,12,20H,2,7-9H2,1H3,(H,17,21). The fourth-order valence-electron chi connectivity index (χ4n) is 1.87. The van der Waals surface area contributed by atoms with Gasteiger partial charge < -0.3 is 14.9 Å². The Balaban J connectivity index is 1.89. The predicted molar refractivity (Wildman–Crippen MR) is 82.4 cm³/mol. The van der Waals surface area contributed by atoms with Crippen molar-refractivity contribution in [3.63, 3.8) is 0 Å². The van der Waals surface area contributed by atoms with Gasteiger partial charge in [0.2, 0.25) is 17.6 Å². The van der Waals surface area contributed by atoms with Crippen LogP contribution in [-0.4, -0.2) is 33.8 Å². The number of halogens is 1. The average Bonchev–Trinajstić information content (AvgIpc) is 3.00. The SMILES string of the molecule is CCC(CO)NC(=O)CCc1nc(-c2ccc(Cl)cc2)no1. The number of benzene rings is 1.